The van der Waals surface area contributed by atoms with Gasteiger partial charge >= 0.3 is 0 Å². The predicted molar refractivity (Wildman–Crippen MR) is 106 cm³/mol. The molecule has 2 N–H and O–H groups in total. The van der Waals surface area contributed by atoms with Crippen LogP contribution in [-0.2, 0) is 17.8 Å². The van der Waals surface area contributed by atoms with Crippen LogP contribution in [0.2, 0.25) is 0 Å². The Morgan fingerprint density at radius 2 is 1.82 bits per heavy atom. The zero-order valence-electron chi connectivity index (χ0n) is 16.7. The average Bonchev–Trinajstić information content (AvgIpc) is 3.22. The molecule has 0 spiro atoms. The van der Waals surface area contributed by atoms with Gasteiger partial charge in [-0.3, -0.25) is 4.90 Å². The number of nitrogens with two attached hydrogens (primary N) is 1. The zero-order chi connectivity index (χ0) is 19.9. The van der Waals surface area contributed by atoms with Gasteiger partial charge in [0.1, 0.15) is 0 Å². The SMILES string of the molecule is COc1ccc(CN(Cc2cnc(N)nc2)C[C@@H]2CCCO2)c(OC)c1OC. The van der Waals surface area contributed by atoms with Crippen LogP contribution in [0.1, 0.15) is 24.0 Å². The number of aromatic nitrogens is 2. The normalized spacial score (nSPS) is 16.4. The van der Waals surface area contributed by atoms with Crippen LogP contribution in [0.4, 0.5) is 5.95 Å². The van der Waals surface area contributed by atoms with Gasteiger partial charge < -0.3 is 24.7 Å². The molecule has 1 fully saturated rings. The van der Waals surface area contributed by atoms with Gasteiger partial charge in [0.05, 0.1) is 27.4 Å². The van der Waals surface area contributed by atoms with Crippen LogP contribution in [0.25, 0.3) is 0 Å². The molecule has 0 amide bonds. The second kappa shape index (κ2) is 9.57. The summed E-state index contributed by atoms with van der Waals surface area (Å²) in [6.45, 7) is 2.97. The van der Waals surface area contributed by atoms with Gasteiger partial charge in [-0.2, -0.15) is 0 Å². The highest BCUT2D eigenvalue weighted by Gasteiger charge is 2.22. The summed E-state index contributed by atoms with van der Waals surface area (Å²) < 4.78 is 22.4. The summed E-state index contributed by atoms with van der Waals surface area (Å²) >= 11 is 0. The second-order valence-corrected chi connectivity index (χ2v) is 6.75. The molecule has 0 radical (unpaired) electrons. The Morgan fingerprint density at radius 1 is 1.07 bits per heavy atom. The van der Waals surface area contributed by atoms with Crippen LogP contribution in [0, 0.1) is 0 Å². The molecule has 1 aliphatic heterocycles. The third-order valence-corrected chi connectivity index (χ3v) is 4.80. The maximum atomic E-state index is 5.85. The van der Waals surface area contributed by atoms with Gasteiger partial charge in [-0.25, -0.2) is 9.97 Å². The first kappa shape index (κ1) is 20.2. The lowest BCUT2D eigenvalue weighted by molar-refractivity contribution is 0.0675. The first-order valence-corrected chi connectivity index (χ1v) is 9.32. The van der Waals surface area contributed by atoms with E-state index in [0.29, 0.717) is 30.3 Å². The molecule has 2 heterocycles. The van der Waals surface area contributed by atoms with Gasteiger partial charge in [-0.05, 0) is 18.9 Å². The molecule has 1 aromatic heterocycles. The molecule has 1 atom stereocenters. The van der Waals surface area contributed by atoms with Gasteiger partial charge in [0.2, 0.25) is 11.7 Å². The number of anilines is 1. The molecule has 3 rings (SSSR count). The Balaban J connectivity index is 1.84. The molecule has 2 aromatic rings. The highest BCUT2D eigenvalue weighted by molar-refractivity contribution is 5.55. The highest BCUT2D eigenvalue weighted by atomic mass is 16.5. The van der Waals surface area contributed by atoms with Crippen molar-refractivity contribution in [1.29, 1.82) is 0 Å². The van der Waals surface area contributed by atoms with Crippen LogP contribution in [-0.4, -0.2) is 55.5 Å². The summed E-state index contributed by atoms with van der Waals surface area (Å²) in [4.78, 5) is 10.5. The summed E-state index contributed by atoms with van der Waals surface area (Å²) in [7, 11) is 4.86. The first-order chi connectivity index (χ1) is 13.6. The molecule has 1 aromatic carbocycles. The summed E-state index contributed by atoms with van der Waals surface area (Å²) in [5.41, 5.74) is 7.61. The lowest BCUT2D eigenvalue weighted by atomic mass is 10.1. The van der Waals surface area contributed by atoms with Gasteiger partial charge in [0, 0.05) is 49.8 Å². The Labute approximate surface area is 165 Å². The van der Waals surface area contributed by atoms with Crippen molar-refractivity contribution in [3.05, 3.63) is 35.7 Å². The maximum Gasteiger partial charge on any atom is 0.219 e. The van der Waals surface area contributed by atoms with Crippen molar-refractivity contribution in [2.75, 3.05) is 40.2 Å². The van der Waals surface area contributed by atoms with E-state index in [9.17, 15) is 0 Å². The van der Waals surface area contributed by atoms with E-state index in [1.165, 1.54) is 0 Å². The van der Waals surface area contributed by atoms with Crippen molar-refractivity contribution in [2.24, 2.45) is 0 Å². The van der Waals surface area contributed by atoms with Gasteiger partial charge in [-0.15, -0.1) is 0 Å². The monoisotopic (exact) mass is 388 g/mol. The zero-order valence-corrected chi connectivity index (χ0v) is 16.7. The van der Waals surface area contributed by atoms with Crippen LogP contribution < -0.4 is 19.9 Å². The number of nitrogen functional groups attached to an aromatic ring is 1. The largest absolute Gasteiger partial charge is 0.493 e. The number of hydrogen-bond acceptors (Lipinski definition) is 8. The smallest absolute Gasteiger partial charge is 0.219 e. The number of rotatable bonds is 9. The van der Waals surface area contributed by atoms with E-state index < -0.39 is 0 Å². The van der Waals surface area contributed by atoms with Crippen LogP contribution in [0.5, 0.6) is 17.2 Å². The minimum Gasteiger partial charge on any atom is -0.493 e. The molecule has 28 heavy (non-hydrogen) atoms. The van der Waals surface area contributed by atoms with Crippen molar-refractivity contribution in [3.63, 3.8) is 0 Å². The topological polar surface area (TPSA) is 92.0 Å². The Bertz CT molecular complexity index is 764. The molecular formula is C20H28N4O4. The minimum atomic E-state index is 0.223. The molecule has 8 heteroatoms. The summed E-state index contributed by atoms with van der Waals surface area (Å²) in [5.74, 6) is 2.18. The number of methoxy groups -OCH3 is 3. The lowest BCUT2D eigenvalue weighted by Gasteiger charge is -2.26. The molecule has 1 aliphatic rings. The van der Waals surface area contributed by atoms with E-state index in [0.717, 1.165) is 37.1 Å². The number of ether oxygens (including phenoxy) is 4. The number of benzene rings is 1. The minimum absolute atomic E-state index is 0.223. The number of hydrogen-bond donors (Lipinski definition) is 1. The molecule has 0 saturated carbocycles. The molecule has 152 valence electrons. The first-order valence-electron chi connectivity index (χ1n) is 9.32. The Kier molecular flexibility index (Phi) is 6.89. The van der Waals surface area contributed by atoms with E-state index in [-0.39, 0.29) is 12.1 Å². The fourth-order valence-electron chi connectivity index (χ4n) is 3.49. The summed E-state index contributed by atoms with van der Waals surface area (Å²) in [6.07, 6.45) is 5.91. The third-order valence-electron chi connectivity index (χ3n) is 4.80. The predicted octanol–water partition coefficient (Wildman–Crippen LogP) is 2.27. The van der Waals surface area contributed by atoms with Crippen molar-refractivity contribution < 1.29 is 18.9 Å². The molecule has 0 aliphatic carbocycles. The Morgan fingerprint density at radius 3 is 2.43 bits per heavy atom. The molecular weight excluding hydrogens is 360 g/mol. The lowest BCUT2D eigenvalue weighted by Crippen LogP contribution is -2.31. The van der Waals surface area contributed by atoms with Crippen LogP contribution in [0.3, 0.4) is 0 Å². The second-order valence-electron chi connectivity index (χ2n) is 6.75. The molecule has 0 bridgehead atoms. The van der Waals surface area contributed by atoms with Crippen molar-refractivity contribution in [2.45, 2.75) is 32.0 Å². The van der Waals surface area contributed by atoms with E-state index in [1.807, 2.05) is 12.1 Å². The standard InChI is InChI=1S/C20H28N4O4/c1-25-17-7-6-15(18(26-2)19(17)27-3)12-24(13-16-5-4-8-28-16)11-14-9-22-20(21)23-10-14/h6-7,9-10,16H,4-5,8,11-13H2,1-3H3,(H2,21,22,23)/t16-/m0/s1. The quantitative estimate of drug-likeness (QED) is 0.699. The van der Waals surface area contributed by atoms with E-state index >= 15 is 0 Å². The Hall–Kier alpha value is -2.58. The number of nitrogens with zero attached hydrogens (tertiary/aromatic N) is 3. The van der Waals surface area contributed by atoms with Crippen molar-refractivity contribution in [1.82, 2.24) is 14.9 Å². The summed E-state index contributed by atoms with van der Waals surface area (Å²) in [5, 5.41) is 0. The molecule has 0 unspecified atom stereocenters. The summed E-state index contributed by atoms with van der Waals surface area (Å²) in [6, 6.07) is 3.90. The van der Waals surface area contributed by atoms with Crippen molar-refractivity contribution in [3.8, 4) is 17.2 Å². The fourth-order valence-corrected chi connectivity index (χ4v) is 3.49. The van der Waals surface area contributed by atoms with E-state index in [1.54, 1.807) is 33.7 Å². The van der Waals surface area contributed by atoms with Crippen LogP contribution in [0.15, 0.2) is 24.5 Å². The van der Waals surface area contributed by atoms with Gasteiger partial charge in [0.25, 0.3) is 0 Å². The van der Waals surface area contributed by atoms with Crippen molar-refractivity contribution >= 4 is 5.95 Å². The van der Waals surface area contributed by atoms with E-state index in [2.05, 4.69) is 14.9 Å². The fraction of sp³-hybridized carbons (Fsp3) is 0.500. The van der Waals surface area contributed by atoms with Crippen LogP contribution >= 0.6 is 0 Å². The third kappa shape index (κ3) is 4.82. The van der Waals surface area contributed by atoms with Gasteiger partial charge in [-0.1, -0.05) is 6.07 Å². The molecule has 1 saturated heterocycles. The molecule has 8 nitrogen and oxygen atoms in total. The average molecular weight is 388 g/mol. The highest BCUT2D eigenvalue weighted by Crippen LogP contribution is 2.40. The van der Waals surface area contributed by atoms with Gasteiger partial charge in [0.15, 0.2) is 11.5 Å². The maximum absolute atomic E-state index is 5.85. The van der Waals surface area contributed by atoms with E-state index in [4.69, 9.17) is 24.7 Å².